The van der Waals surface area contributed by atoms with Crippen LogP contribution >= 0.6 is 0 Å². The van der Waals surface area contributed by atoms with Crippen LogP contribution in [-0.2, 0) is 4.79 Å². The Hall–Kier alpha value is -1.88. The van der Waals surface area contributed by atoms with E-state index >= 15 is 0 Å². The van der Waals surface area contributed by atoms with Gasteiger partial charge in [-0.1, -0.05) is 0 Å². The van der Waals surface area contributed by atoms with Crippen molar-refractivity contribution in [3.63, 3.8) is 0 Å². The van der Waals surface area contributed by atoms with Crippen LogP contribution in [0.15, 0.2) is 24.3 Å². The molecule has 5 nitrogen and oxygen atoms in total. The van der Waals surface area contributed by atoms with Gasteiger partial charge in [0.15, 0.2) is 0 Å². The van der Waals surface area contributed by atoms with Gasteiger partial charge in [-0.15, -0.1) is 0 Å². The maximum absolute atomic E-state index is 12.5. The number of anilines is 1. The summed E-state index contributed by atoms with van der Waals surface area (Å²) in [5.74, 6) is 0.347. The summed E-state index contributed by atoms with van der Waals surface area (Å²) in [6, 6.07) is 7.61. The van der Waals surface area contributed by atoms with Crippen molar-refractivity contribution in [3.05, 3.63) is 29.8 Å². The summed E-state index contributed by atoms with van der Waals surface area (Å²) in [7, 11) is 1.94. The monoisotopic (exact) mass is 301 g/mol. The number of likely N-dealkylation sites (N-methyl/N-ethyl adjacent to an activating group) is 1. The molecule has 1 aromatic rings. The Morgan fingerprint density at radius 2 is 1.86 bits per heavy atom. The van der Waals surface area contributed by atoms with Crippen LogP contribution in [0.4, 0.5) is 5.69 Å². The molecular weight excluding hydrogens is 278 g/mol. The third-order valence-electron chi connectivity index (χ3n) is 4.46. The van der Waals surface area contributed by atoms with Gasteiger partial charge >= 0.3 is 0 Å². The van der Waals surface area contributed by atoms with Gasteiger partial charge in [-0.2, -0.15) is 0 Å². The number of piperidine rings is 1. The Bertz CT molecular complexity index is 552. The number of benzene rings is 1. The second-order valence-electron chi connectivity index (χ2n) is 6.22. The maximum Gasteiger partial charge on any atom is 0.253 e. The second-order valence-corrected chi connectivity index (χ2v) is 6.22. The van der Waals surface area contributed by atoms with Crippen LogP contribution in [-0.4, -0.2) is 42.9 Å². The second kappa shape index (κ2) is 6.48. The smallest absolute Gasteiger partial charge is 0.253 e. The molecule has 1 heterocycles. The Morgan fingerprint density at radius 3 is 2.50 bits per heavy atom. The Morgan fingerprint density at radius 1 is 1.14 bits per heavy atom. The Labute approximate surface area is 131 Å². The molecule has 0 spiro atoms. The number of likely N-dealkylation sites (tertiary alicyclic amines) is 1. The number of carbonyl (C=O) groups excluding carboxylic acids is 2. The highest BCUT2D eigenvalue weighted by atomic mass is 16.2. The molecule has 2 N–H and O–H groups in total. The highest BCUT2D eigenvalue weighted by Crippen LogP contribution is 2.30. The van der Waals surface area contributed by atoms with Gasteiger partial charge in [0.2, 0.25) is 5.91 Å². The molecule has 22 heavy (non-hydrogen) atoms. The molecule has 1 aliphatic heterocycles. The fourth-order valence-corrected chi connectivity index (χ4v) is 2.87. The zero-order valence-electron chi connectivity index (χ0n) is 13.0. The highest BCUT2D eigenvalue weighted by molar-refractivity contribution is 5.96. The zero-order valence-corrected chi connectivity index (χ0v) is 13.0. The minimum Gasteiger partial charge on any atom is -0.337 e. The lowest BCUT2D eigenvalue weighted by Gasteiger charge is -2.32. The van der Waals surface area contributed by atoms with E-state index in [0.29, 0.717) is 11.6 Å². The van der Waals surface area contributed by atoms with Crippen LogP contribution in [0.3, 0.4) is 0 Å². The van der Waals surface area contributed by atoms with Gasteiger partial charge in [0, 0.05) is 36.3 Å². The lowest BCUT2D eigenvalue weighted by Crippen LogP contribution is -2.46. The standard InChI is InChI=1S/C17H23N3O2/c1-18-15-3-2-10-20(11-15)17(22)13-6-8-14(9-7-13)19-16(21)12-4-5-12/h6-9,12,15,18H,2-5,10-11H2,1H3,(H,19,21). The first kappa shape index (κ1) is 15.0. The average molecular weight is 301 g/mol. The first-order chi connectivity index (χ1) is 10.7. The molecule has 1 aliphatic carbocycles. The van der Waals surface area contributed by atoms with E-state index in [2.05, 4.69) is 10.6 Å². The van der Waals surface area contributed by atoms with Crippen LogP contribution in [0.1, 0.15) is 36.0 Å². The summed E-state index contributed by atoms with van der Waals surface area (Å²) in [6.45, 7) is 1.58. The zero-order chi connectivity index (χ0) is 15.5. The van der Waals surface area contributed by atoms with Crippen LogP contribution in [0.2, 0.25) is 0 Å². The molecule has 2 aliphatic rings. The van der Waals surface area contributed by atoms with Crippen LogP contribution in [0.25, 0.3) is 0 Å². The van der Waals surface area contributed by atoms with Gasteiger partial charge < -0.3 is 15.5 Å². The fraction of sp³-hybridized carbons (Fsp3) is 0.529. The van der Waals surface area contributed by atoms with E-state index < -0.39 is 0 Å². The predicted octanol–water partition coefficient (Wildman–Crippen LogP) is 1.86. The average Bonchev–Trinajstić information content (AvgIpc) is 3.40. The number of hydrogen-bond donors (Lipinski definition) is 2. The number of carbonyl (C=O) groups is 2. The third-order valence-corrected chi connectivity index (χ3v) is 4.46. The largest absolute Gasteiger partial charge is 0.337 e. The van der Waals surface area contributed by atoms with Gasteiger partial charge in [0.25, 0.3) is 5.91 Å². The molecule has 0 bridgehead atoms. The molecule has 5 heteroatoms. The number of nitrogens with one attached hydrogen (secondary N) is 2. The van der Waals surface area contributed by atoms with E-state index in [9.17, 15) is 9.59 Å². The van der Waals surface area contributed by atoms with E-state index in [1.54, 1.807) is 12.1 Å². The number of hydrogen-bond acceptors (Lipinski definition) is 3. The molecule has 0 aromatic heterocycles. The number of amides is 2. The molecule has 1 atom stereocenters. The van der Waals surface area contributed by atoms with Crippen molar-refractivity contribution < 1.29 is 9.59 Å². The van der Waals surface area contributed by atoms with Crippen molar-refractivity contribution in [2.45, 2.75) is 31.7 Å². The van der Waals surface area contributed by atoms with Crippen molar-refractivity contribution in [3.8, 4) is 0 Å². The normalized spacial score (nSPS) is 21.5. The summed E-state index contributed by atoms with van der Waals surface area (Å²) in [4.78, 5) is 26.1. The third kappa shape index (κ3) is 3.47. The van der Waals surface area contributed by atoms with Gasteiger partial charge in [-0.3, -0.25) is 9.59 Å². The molecule has 0 radical (unpaired) electrons. The molecule has 2 amide bonds. The van der Waals surface area contributed by atoms with E-state index in [4.69, 9.17) is 0 Å². The van der Waals surface area contributed by atoms with Crippen molar-refractivity contribution in [2.24, 2.45) is 5.92 Å². The van der Waals surface area contributed by atoms with Crippen LogP contribution in [0.5, 0.6) is 0 Å². The van der Waals surface area contributed by atoms with Gasteiger partial charge in [0.1, 0.15) is 0 Å². The number of nitrogens with zero attached hydrogens (tertiary/aromatic N) is 1. The van der Waals surface area contributed by atoms with E-state index in [0.717, 1.165) is 44.5 Å². The quantitative estimate of drug-likeness (QED) is 0.892. The van der Waals surface area contributed by atoms with Gasteiger partial charge in [-0.25, -0.2) is 0 Å². The molecule has 1 aromatic carbocycles. The maximum atomic E-state index is 12.5. The lowest BCUT2D eigenvalue weighted by atomic mass is 10.0. The van der Waals surface area contributed by atoms with E-state index in [1.807, 2.05) is 24.1 Å². The molecule has 1 saturated heterocycles. The first-order valence-corrected chi connectivity index (χ1v) is 8.05. The predicted molar refractivity (Wildman–Crippen MR) is 85.8 cm³/mol. The summed E-state index contributed by atoms with van der Waals surface area (Å²) >= 11 is 0. The molecule has 1 saturated carbocycles. The van der Waals surface area contributed by atoms with Crippen molar-refractivity contribution in [2.75, 3.05) is 25.5 Å². The molecule has 1 unspecified atom stereocenters. The fourth-order valence-electron chi connectivity index (χ4n) is 2.87. The molecule has 3 rings (SSSR count). The van der Waals surface area contributed by atoms with E-state index in [-0.39, 0.29) is 17.7 Å². The minimum atomic E-state index is 0.0695. The van der Waals surface area contributed by atoms with Crippen molar-refractivity contribution >= 4 is 17.5 Å². The highest BCUT2D eigenvalue weighted by Gasteiger charge is 2.29. The van der Waals surface area contributed by atoms with Crippen molar-refractivity contribution in [1.29, 1.82) is 0 Å². The Kier molecular flexibility index (Phi) is 4.43. The molecule has 2 fully saturated rings. The van der Waals surface area contributed by atoms with Gasteiger partial charge in [-0.05, 0) is 57.0 Å². The first-order valence-electron chi connectivity index (χ1n) is 8.05. The van der Waals surface area contributed by atoms with Gasteiger partial charge in [0.05, 0.1) is 0 Å². The number of rotatable bonds is 4. The lowest BCUT2D eigenvalue weighted by molar-refractivity contribution is -0.117. The molecular formula is C17H23N3O2. The topological polar surface area (TPSA) is 61.4 Å². The summed E-state index contributed by atoms with van der Waals surface area (Å²) < 4.78 is 0. The molecule has 118 valence electrons. The van der Waals surface area contributed by atoms with E-state index in [1.165, 1.54) is 0 Å². The van der Waals surface area contributed by atoms with Crippen molar-refractivity contribution in [1.82, 2.24) is 10.2 Å². The summed E-state index contributed by atoms with van der Waals surface area (Å²) in [6.07, 6.45) is 4.13. The minimum absolute atomic E-state index is 0.0695. The Balaban J connectivity index is 1.61. The SMILES string of the molecule is CNC1CCCN(C(=O)c2ccc(NC(=O)C3CC3)cc2)C1. The van der Waals surface area contributed by atoms with Crippen LogP contribution < -0.4 is 10.6 Å². The van der Waals surface area contributed by atoms with Crippen LogP contribution in [0, 0.1) is 5.92 Å². The summed E-state index contributed by atoms with van der Waals surface area (Å²) in [5, 5.41) is 6.14. The summed E-state index contributed by atoms with van der Waals surface area (Å²) in [5.41, 5.74) is 1.45.